The molecule has 0 bridgehead atoms. The third kappa shape index (κ3) is 2.92. The minimum absolute atomic E-state index is 0.574. The van der Waals surface area contributed by atoms with Gasteiger partial charge in [0.1, 0.15) is 11.3 Å². The summed E-state index contributed by atoms with van der Waals surface area (Å²) in [7, 11) is 1.84. The molecule has 1 aliphatic rings. The van der Waals surface area contributed by atoms with E-state index in [0.717, 1.165) is 48.9 Å². The number of nitrogens with one attached hydrogen (secondary N) is 2. The summed E-state index contributed by atoms with van der Waals surface area (Å²) < 4.78 is 5.43. The van der Waals surface area contributed by atoms with Gasteiger partial charge in [-0.05, 0) is 30.7 Å². The highest BCUT2D eigenvalue weighted by atomic mass is 35.5. The number of ether oxygens (including phenoxy) is 1. The molecule has 0 aliphatic carbocycles. The lowest BCUT2D eigenvalue weighted by Crippen LogP contribution is -2.36. The van der Waals surface area contributed by atoms with Gasteiger partial charge in [0.2, 0.25) is 0 Å². The summed E-state index contributed by atoms with van der Waals surface area (Å²) in [5, 5.41) is 3.68. The molecule has 0 atom stereocenters. The first-order chi connectivity index (χ1) is 12.2. The Morgan fingerprint density at radius 3 is 2.80 bits per heavy atom. The number of imidazole rings is 1. The maximum absolute atomic E-state index is 6.21. The number of rotatable bonds is 3. The van der Waals surface area contributed by atoms with Crippen molar-refractivity contribution in [2.24, 2.45) is 0 Å². The van der Waals surface area contributed by atoms with Gasteiger partial charge in [0.05, 0.1) is 30.1 Å². The first-order valence-corrected chi connectivity index (χ1v) is 8.71. The van der Waals surface area contributed by atoms with E-state index in [2.05, 4.69) is 50.3 Å². The summed E-state index contributed by atoms with van der Waals surface area (Å²) in [6.45, 7) is 5.52. The quantitative estimate of drug-likeness (QED) is 0.751. The van der Waals surface area contributed by atoms with Crippen LogP contribution in [0.4, 0.5) is 11.4 Å². The van der Waals surface area contributed by atoms with Crippen LogP contribution in [-0.2, 0) is 4.74 Å². The highest BCUT2D eigenvalue weighted by Crippen LogP contribution is 2.32. The molecule has 1 aromatic carbocycles. The number of H-pyrrole nitrogens is 1. The number of anilines is 2. The lowest BCUT2D eigenvalue weighted by Gasteiger charge is -2.29. The van der Waals surface area contributed by atoms with Crippen LogP contribution < -0.4 is 10.2 Å². The molecule has 0 amide bonds. The number of aryl methyl sites for hydroxylation is 1. The topological polar surface area (TPSA) is 66.1 Å². The van der Waals surface area contributed by atoms with Gasteiger partial charge in [-0.15, -0.1) is 0 Å². The second-order valence-corrected chi connectivity index (χ2v) is 6.52. The van der Waals surface area contributed by atoms with Gasteiger partial charge in [0.15, 0.2) is 5.65 Å². The normalized spacial score (nSPS) is 14.9. The van der Waals surface area contributed by atoms with Crippen LogP contribution in [0, 0.1) is 6.92 Å². The average Bonchev–Trinajstić information content (AvgIpc) is 3.06. The highest BCUT2D eigenvalue weighted by molar-refractivity contribution is 6.34. The number of hydrogen-bond acceptors (Lipinski definition) is 5. The van der Waals surface area contributed by atoms with Crippen molar-refractivity contribution >= 4 is 34.1 Å². The van der Waals surface area contributed by atoms with Gasteiger partial charge in [0.25, 0.3) is 0 Å². The molecule has 0 saturated carbocycles. The second kappa shape index (κ2) is 6.54. The van der Waals surface area contributed by atoms with Crippen LogP contribution in [0.2, 0.25) is 5.02 Å². The summed E-state index contributed by atoms with van der Waals surface area (Å²) in [4.78, 5) is 14.7. The molecule has 1 fully saturated rings. The van der Waals surface area contributed by atoms with Crippen molar-refractivity contribution in [2.75, 3.05) is 43.6 Å². The maximum atomic E-state index is 6.21. The van der Waals surface area contributed by atoms with Crippen molar-refractivity contribution < 1.29 is 4.74 Å². The smallest absolute Gasteiger partial charge is 0.180 e. The van der Waals surface area contributed by atoms with Crippen molar-refractivity contribution in [3.05, 3.63) is 35.0 Å². The van der Waals surface area contributed by atoms with Crippen LogP contribution in [0.3, 0.4) is 0 Å². The lowest BCUT2D eigenvalue weighted by atomic mass is 10.1. The molecule has 2 N–H and O–H groups in total. The Labute approximate surface area is 151 Å². The molecular formula is C18H20ClN5O. The van der Waals surface area contributed by atoms with E-state index in [1.54, 1.807) is 6.20 Å². The zero-order valence-electron chi connectivity index (χ0n) is 14.3. The van der Waals surface area contributed by atoms with Crippen molar-refractivity contribution in [3.8, 4) is 11.4 Å². The van der Waals surface area contributed by atoms with E-state index >= 15 is 0 Å². The Hall–Kier alpha value is -2.31. The molecular weight excluding hydrogens is 338 g/mol. The summed E-state index contributed by atoms with van der Waals surface area (Å²) in [6, 6.07) is 6.45. The third-order valence-corrected chi connectivity index (χ3v) is 4.85. The molecule has 130 valence electrons. The molecule has 0 unspecified atom stereocenters. The number of benzene rings is 1. The minimum Gasteiger partial charge on any atom is -0.385 e. The Morgan fingerprint density at radius 2 is 2.08 bits per heavy atom. The Balaban J connectivity index is 1.73. The summed E-state index contributed by atoms with van der Waals surface area (Å²) in [6.07, 6.45) is 1.62. The number of nitrogens with zero attached hydrogens (tertiary/aromatic N) is 3. The molecule has 4 rings (SSSR count). The summed E-state index contributed by atoms with van der Waals surface area (Å²) >= 11 is 6.21. The number of pyridine rings is 1. The minimum atomic E-state index is 0.574. The van der Waals surface area contributed by atoms with Crippen molar-refractivity contribution in [2.45, 2.75) is 6.92 Å². The van der Waals surface area contributed by atoms with E-state index in [-0.39, 0.29) is 0 Å². The van der Waals surface area contributed by atoms with Crippen LogP contribution in [0.1, 0.15) is 5.56 Å². The predicted octanol–water partition coefficient (Wildman–Crippen LogP) is 3.47. The predicted molar refractivity (Wildman–Crippen MR) is 102 cm³/mol. The monoisotopic (exact) mass is 357 g/mol. The number of aromatic amines is 1. The second-order valence-electron chi connectivity index (χ2n) is 6.11. The highest BCUT2D eigenvalue weighted by Gasteiger charge is 2.16. The molecule has 6 nitrogen and oxygen atoms in total. The zero-order chi connectivity index (χ0) is 17.4. The molecule has 3 aromatic rings. The van der Waals surface area contributed by atoms with Crippen LogP contribution in [0.25, 0.3) is 22.6 Å². The Morgan fingerprint density at radius 1 is 1.28 bits per heavy atom. The van der Waals surface area contributed by atoms with Gasteiger partial charge < -0.3 is 19.9 Å². The van der Waals surface area contributed by atoms with E-state index in [1.807, 2.05) is 7.05 Å². The molecule has 0 radical (unpaired) electrons. The number of hydrogen-bond donors (Lipinski definition) is 2. The third-order valence-electron chi connectivity index (χ3n) is 4.57. The van der Waals surface area contributed by atoms with Gasteiger partial charge in [-0.2, -0.15) is 0 Å². The molecule has 0 spiro atoms. The van der Waals surface area contributed by atoms with Crippen LogP contribution in [-0.4, -0.2) is 48.3 Å². The summed E-state index contributed by atoms with van der Waals surface area (Å²) in [5.41, 5.74) is 5.74. The van der Waals surface area contributed by atoms with E-state index < -0.39 is 0 Å². The fourth-order valence-corrected chi connectivity index (χ4v) is 3.48. The lowest BCUT2D eigenvalue weighted by molar-refractivity contribution is 0.122. The van der Waals surface area contributed by atoms with E-state index in [9.17, 15) is 0 Å². The van der Waals surface area contributed by atoms with Gasteiger partial charge in [-0.25, -0.2) is 9.97 Å². The SMILES string of the molecule is CNc1c(Cl)cnc2nc(-c3ccc(N4CCOCC4)cc3C)[nH]c12. The van der Waals surface area contributed by atoms with E-state index in [0.29, 0.717) is 10.7 Å². The van der Waals surface area contributed by atoms with Crippen LogP contribution in [0.5, 0.6) is 0 Å². The molecule has 1 aliphatic heterocycles. The number of halogens is 1. The maximum Gasteiger partial charge on any atom is 0.180 e. The molecule has 2 aromatic heterocycles. The first kappa shape index (κ1) is 16.2. The Bertz CT molecular complexity index is 917. The van der Waals surface area contributed by atoms with Gasteiger partial charge in [-0.3, -0.25) is 0 Å². The fraction of sp³-hybridized carbons (Fsp3) is 0.333. The van der Waals surface area contributed by atoms with Crippen molar-refractivity contribution in [3.63, 3.8) is 0 Å². The van der Waals surface area contributed by atoms with Crippen LogP contribution >= 0.6 is 11.6 Å². The van der Waals surface area contributed by atoms with Gasteiger partial charge in [-0.1, -0.05) is 11.6 Å². The van der Waals surface area contributed by atoms with Crippen LogP contribution in [0.15, 0.2) is 24.4 Å². The molecule has 1 saturated heterocycles. The van der Waals surface area contributed by atoms with Gasteiger partial charge in [0, 0.05) is 31.4 Å². The van der Waals surface area contributed by atoms with Crippen molar-refractivity contribution in [1.82, 2.24) is 15.0 Å². The molecule has 3 heterocycles. The fourth-order valence-electron chi connectivity index (χ4n) is 3.24. The number of fused-ring (bicyclic) bond motifs is 1. The van der Waals surface area contributed by atoms with E-state index in [1.165, 1.54) is 11.3 Å². The largest absolute Gasteiger partial charge is 0.385 e. The number of morpholine rings is 1. The standard InChI is InChI=1S/C18H20ClN5O/c1-11-9-12(24-5-7-25-8-6-24)3-4-13(11)17-22-16-15(20-2)14(19)10-21-18(16)23-17/h3-4,9-10H,5-8H2,1-2H3,(H2,20,21,22,23). The molecule has 7 heteroatoms. The average molecular weight is 358 g/mol. The number of aromatic nitrogens is 3. The van der Waals surface area contributed by atoms with Crippen molar-refractivity contribution in [1.29, 1.82) is 0 Å². The zero-order valence-corrected chi connectivity index (χ0v) is 15.0. The Kier molecular flexibility index (Phi) is 4.23. The molecule has 25 heavy (non-hydrogen) atoms. The summed E-state index contributed by atoms with van der Waals surface area (Å²) in [5.74, 6) is 0.798. The first-order valence-electron chi connectivity index (χ1n) is 8.33. The van der Waals surface area contributed by atoms with Gasteiger partial charge >= 0.3 is 0 Å². The van der Waals surface area contributed by atoms with E-state index in [4.69, 9.17) is 16.3 Å².